The van der Waals surface area contributed by atoms with Gasteiger partial charge < -0.3 is 5.32 Å². The molecule has 1 saturated heterocycles. The molecule has 1 aliphatic heterocycles. The van der Waals surface area contributed by atoms with Crippen LogP contribution in [-0.4, -0.2) is 31.7 Å². The van der Waals surface area contributed by atoms with Crippen LogP contribution >= 0.6 is 12.2 Å². The lowest BCUT2D eigenvalue weighted by Gasteiger charge is -2.11. The lowest BCUT2D eigenvalue weighted by atomic mass is 10.2. The molecule has 1 aliphatic carbocycles. The standard InChI is InChI=1S/C13H16N4OS/c1-3-16-7-9(8(2)15-16)6-11-12(18)17(10-4-5-10)13(19)14-11/h6-7,10H,3-5H2,1-2H3,(H,14,19)/b11-6+. The molecule has 0 spiro atoms. The van der Waals surface area contributed by atoms with E-state index in [1.807, 2.05) is 30.8 Å². The van der Waals surface area contributed by atoms with Crippen LogP contribution in [0.4, 0.5) is 0 Å². The molecule has 0 radical (unpaired) electrons. The average molecular weight is 276 g/mol. The summed E-state index contributed by atoms with van der Waals surface area (Å²) in [6.45, 7) is 4.79. The van der Waals surface area contributed by atoms with Crippen LogP contribution in [0.1, 0.15) is 31.0 Å². The summed E-state index contributed by atoms with van der Waals surface area (Å²) >= 11 is 5.22. The summed E-state index contributed by atoms with van der Waals surface area (Å²) in [5.41, 5.74) is 2.42. The van der Waals surface area contributed by atoms with Gasteiger partial charge in [-0.1, -0.05) is 0 Å². The van der Waals surface area contributed by atoms with Crippen LogP contribution in [0.5, 0.6) is 0 Å². The summed E-state index contributed by atoms with van der Waals surface area (Å²) in [7, 11) is 0. The fourth-order valence-electron chi connectivity index (χ4n) is 2.21. The van der Waals surface area contributed by atoms with Crippen LogP contribution in [0.15, 0.2) is 11.9 Å². The summed E-state index contributed by atoms with van der Waals surface area (Å²) in [6.07, 6.45) is 5.88. The highest BCUT2D eigenvalue weighted by molar-refractivity contribution is 7.80. The van der Waals surface area contributed by atoms with E-state index in [0.29, 0.717) is 16.9 Å². The van der Waals surface area contributed by atoms with Gasteiger partial charge in [0.25, 0.3) is 5.91 Å². The third-order valence-electron chi connectivity index (χ3n) is 3.43. The topological polar surface area (TPSA) is 50.2 Å². The second-order valence-electron chi connectivity index (χ2n) is 4.92. The quantitative estimate of drug-likeness (QED) is 0.670. The van der Waals surface area contributed by atoms with Crippen molar-refractivity contribution in [2.24, 2.45) is 0 Å². The molecule has 19 heavy (non-hydrogen) atoms. The van der Waals surface area contributed by atoms with Crippen molar-refractivity contribution in [1.82, 2.24) is 20.0 Å². The number of nitrogens with zero attached hydrogens (tertiary/aromatic N) is 3. The Kier molecular flexibility index (Phi) is 2.89. The Morgan fingerprint density at radius 1 is 1.58 bits per heavy atom. The predicted molar refractivity (Wildman–Crippen MR) is 76.2 cm³/mol. The molecule has 1 N–H and O–H groups in total. The van der Waals surface area contributed by atoms with E-state index in [2.05, 4.69) is 10.4 Å². The number of carbonyl (C=O) groups excluding carboxylic acids is 1. The fourth-order valence-corrected chi connectivity index (χ4v) is 2.55. The maximum Gasteiger partial charge on any atom is 0.276 e. The minimum absolute atomic E-state index is 0.0175. The number of thiocarbonyl (C=S) groups is 1. The third-order valence-corrected chi connectivity index (χ3v) is 3.73. The van der Waals surface area contributed by atoms with Crippen LogP contribution in [0.2, 0.25) is 0 Å². The largest absolute Gasteiger partial charge is 0.328 e. The van der Waals surface area contributed by atoms with E-state index in [1.165, 1.54) is 0 Å². The maximum absolute atomic E-state index is 12.3. The zero-order valence-electron chi connectivity index (χ0n) is 11.0. The van der Waals surface area contributed by atoms with Gasteiger partial charge in [-0.2, -0.15) is 5.10 Å². The second-order valence-corrected chi connectivity index (χ2v) is 5.31. The average Bonchev–Trinajstić information content (AvgIpc) is 3.08. The van der Waals surface area contributed by atoms with Gasteiger partial charge in [-0.3, -0.25) is 14.4 Å². The van der Waals surface area contributed by atoms with Crippen molar-refractivity contribution >= 4 is 29.3 Å². The van der Waals surface area contributed by atoms with E-state index in [4.69, 9.17) is 12.2 Å². The Hall–Kier alpha value is -1.69. The number of aryl methyl sites for hydroxylation is 2. The Morgan fingerprint density at radius 2 is 2.32 bits per heavy atom. The molecule has 0 aromatic carbocycles. The van der Waals surface area contributed by atoms with Crippen molar-refractivity contribution in [2.75, 3.05) is 0 Å². The van der Waals surface area contributed by atoms with E-state index in [0.717, 1.165) is 30.6 Å². The Labute approximate surface area is 117 Å². The molecule has 0 unspecified atom stereocenters. The molecule has 3 rings (SSSR count). The first-order chi connectivity index (χ1) is 9.10. The first kappa shape index (κ1) is 12.3. The van der Waals surface area contributed by atoms with Crippen molar-refractivity contribution in [3.8, 4) is 0 Å². The predicted octanol–water partition coefficient (Wildman–Crippen LogP) is 1.43. The Balaban J connectivity index is 1.89. The van der Waals surface area contributed by atoms with Crippen LogP contribution in [0, 0.1) is 6.92 Å². The zero-order chi connectivity index (χ0) is 13.6. The molecule has 1 saturated carbocycles. The van der Waals surface area contributed by atoms with Gasteiger partial charge in [0.05, 0.1) is 5.69 Å². The highest BCUT2D eigenvalue weighted by atomic mass is 32.1. The van der Waals surface area contributed by atoms with Crippen molar-refractivity contribution in [3.63, 3.8) is 0 Å². The monoisotopic (exact) mass is 276 g/mol. The maximum atomic E-state index is 12.3. The highest BCUT2D eigenvalue weighted by Crippen LogP contribution is 2.31. The molecule has 100 valence electrons. The minimum atomic E-state index is -0.0175. The molecule has 6 heteroatoms. The molecule has 2 fully saturated rings. The van der Waals surface area contributed by atoms with Crippen LogP contribution in [0.25, 0.3) is 6.08 Å². The Morgan fingerprint density at radius 3 is 2.89 bits per heavy atom. The zero-order valence-corrected chi connectivity index (χ0v) is 11.8. The van der Waals surface area contributed by atoms with E-state index in [1.54, 1.807) is 4.90 Å². The van der Waals surface area contributed by atoms with Crippen molar-refractivity contribution < 1.29 is 4.79 Å². The van der Waals surface area contributed by atoms with Gasteiger partial charge in [0.15, 0.2) is 5.11 Å². The summed E-state index contributed by atoms with van der Waals surface area (Å²) < 4.78 is 1.86. The fraction of sp³-hybridized carbons (Fsp3) is 0.462. The number of aromatic nitrogens is 2. The van der Waals surface area contributed by atoms with E-state index < -0.39 is 0 Å². The molecular weight excluding hydrogens is 260 g/mol. The summed E-state index contributed by atoms with van der Waals surface area (Å²) in [6, 6.07) is 0.304. The second kappa shape index (κ2) is 4.45. The van der Waals surface area contributed by atoms with Crippen LogP contribution < -0.4 is 5.32 Å². The lowest BCUT2D eigenvalue weighted by Crippen LogP contribution is -2.32. The van der Waals surface area contributed by atoms with Crippen molar-refractivity contribution in [3.05, 3.63) is 23.2 Å². The van der Waals surface area contributed by atoms with E-state index in [9.17, 15) is 4.79 Å². The highest BCUT2D eigenvalue weighted by Gasteiger charge is 2.41. The molecule has 2 heterocycles. The number of hydrogen-bond acceptors (Lipinski definition) is 3. The molecule has 0 bridgehead atoms. The lowest BCUT2D eigenvalue weighted by molar-refractivity contribution is -0.122. The molecule has 1 amide bonds. The van der Waals surface area contributed by atoms with Gasteiger partial charge in [-0.25, -0.2) is 0 Å². The molecule has 2 aliphatic rings. The van der Waals surface area contributed by atoms with Gasteiger partial charge in [0.1, 0.15) is 5.70 Å². The van der Waals surface area contributed by atoms with Crippen molar-refractivity contribution in [2.45, 2.75) is 39.3 Å². The summed E-state index contributed by atoms with van der Waals surface area (Å²) in [5.74, 6) is -0.0175. The van der Waals surface area contributed by atoms with Crippen LogP contribution in [-0.2, 0) is 11.3 Å². The van der Waals surface area contributed by atoms with E-state index >= 15 is 0 Å². The molecule has 0 atom stereocenters. The Bertz CT molecular complexity index is 585. The minimum Gasteiger partial charge on any atom is -0.328 e. The summed E-state index contributed by atoms with van der Waals surface area (Å²) in [5, 5.41) is 7.91. The van der Waals surface area contributed by atoms with Gasteiger partial charge in [-0.05, 0) is 45.0 Å². The van der Waals surface area contributed by atoms with Gasteiger partial charge >= 0.3 is 0 Å². The smallest absolute Gasteiger partial charge is 0.276 e. The van der Waals surface area contributed by atoms with Gasteiger partial charge in [0.2, 0.25) is 0 Å². The number of rotatable bonds is 3. The van der Waals surface area contributed by atoms with Gasteiger partial charge in [0, 0.05) is 24.3 Å². The SMILES string of the molecule is CCn1cc(/C=C2/NC(=S)N(C3CC3)C2=O)c(C)n1. The number of hydrogen-bond donors (Lipinski definition) is 1. The van der Waals surface area contributed by atoms with Crippen LogP contribution in [0.3, 0.4) is 0 Å². The first-order valence-corrected chi connectivity index (χ1v) is 6.91. The normalized spacial score (nSPS) is 21.4. The molecule has 1 aromatic heterocycles. The molecule has 5 nitrogen and oxygen atoms in total. The first-order valence-electron chi connectivity index (χ1n) is 6.50. The molecule has 1 aromatic rings. The van der Waals surface area contributed by atoms with E-state index in [-0.39, 0.29) is 5.91 Å². The number of amides is 1. The third kappa shape index (κ3) is 2.16. The summed E-state index contributed by atoms with van der Waals surface area (Å²) in [4.78, 5) is 14.0. The number of carbonyl (C=O) groups is 1. The van der Waals surface area contributed by atoms with Gasteiger partial charge in [-0.15, -0.1) is 0 Å². The number of nitrogens with one attached hydrogen (secondary N) is 1. The molecular formula is C13H16N4OS. The van der Waals surface area contributed by atoms with Crippen molar-refractivity contribution in [1.29, 1.82) is 0 Å².